The topological polar surface area (TPSA) is 64.3 Å². The average Bonchev–Trinajstić information content (AvgIpc) is 2.19. The number of esters is 1. The Morgan fingerprint density at radius 3 is 2.80 bits per heavy atom. The van der Waals surface area contributed by atoms with Gasteiger partial charge in [0.05, 0.1) is 17.9 Å². The van der Waals surface area contributed by atoms with Gasteiger partial charge in [0.1, 0.15) is 5.82 Å². The molecule has 0 amide bonds. The lowest BCUT2D eigenvalue weighted by atomic mass is 10.2. The third kappa shape index (κ3) is 3.38. The Labute approximate surface area is 93.0 Å². The zero-order valence-electron chi connectivity index (χ0n) is 8.12. The number of halogens is 2. The molecule has 0 fully saturated rings. The molecule has 0 unspecified atom stereocenters. The van der Waals surface area contributed by atoms with Crippen molar-refractivity contribution >= 4 is 24.1 Å². The molecule has 6 heteroatoms. The third-order valence-corrected chi connectivity index (χ3v) is 1.63. The van der Waals surface area contributed by atoms with Crippen LogP contribution in [-0.2, 0) is 4.74 Å². The van der Waals surface area contributed by atoms with E-state index in [-0.39, 0.29) is 30.3 Å². The maximum absolute atomic E-state index is 12.9. The Balaban J connectivity index is 0.00000196. The van der Waals surface area contributed by atoms with Gasteiger partial charge >= 0.3 is 5.97 Å². The van der Waals surface area contributed by atoms with E-state index in [1.54, 1.807) is 6.92 Å². The highest BCUT2D eigenvalue weighted by atomic mass is 35.5. The van der Waals surface area contributed by atoms with E-state index >= 15 is 0 Å². The van der Waals surface area contributed by atoms with E-state index in [9.17, 15) is 9.18 Å². The number of hydrogen-bond acceptors (Lipinski definition) is 4. The van der Waals surface area contributed by atoms with E-state index in [1.165, 1.54) is 12.1 Å². The van der Waals surface area contributed by atoms with Crippen molar-refractivity contribution in [2.75, 3.05) is 12.0 Å². The summed E-state index contributed by atoms with van der Waals surface area (Å²) in [7, 11) is 0. The van der Waals surface area contributed by atoms with Gasteiger partial charge in [-0.25, -0.2) is 9.18 Å². The van der Waals surface area contributed by atoms with Gasteiger partial charge in [0, 0.05) is 0 Å². The summed E-state index contributed by atoms with van der Waals surface area (Å²) in [4.78, 5) is 11.2. The van der Waals surface area contributed by atoms with Crippen molar-refractivity contribution in [1.29, 1.82) is 0 Å². The predicted molar refractivity (Wildman–Crippen MR) is 57.4 cm³/mol. The van der Waals surface area contributed by atoms with Crippen LogP contribution < -0.4 is 11.3 Å². The standard InChI is InChI=1S/C9H11FN2O2.ClH/c1-2-14-9(13)6-3-4-7(10)8(5-6)12-11;/h3-5,12H,2,11H2,1H3;1H. The second-order valence-corrected chi connectivity index (χ2v) is 2.56. The first kappa shape index (κ1) is 13.7. The molecule has 0 aliphatic carbocycles. The summed E-state index contributed by atoms with van der Waals surface area (Å²) >= 11 is 0. The van der Waals surface area contributed by atoms with Gasteiger partial charge in [-0.1, -0.05) is 0 Å². The molecule has 15 heavy (non-hydrogen) atoms. The van der Waals surface area contributed by atoms with Crippen molar-refractivity contribution in [2.24, 2.45) is 5.84 Å². The zero-order chi connectivity index (χ0) is 10.6. The van der Waals surface area contributed by atoms with Crippen molar-refractivity contribution in [3.63, 3.8) is 0 Å². The van der Waals surface area contributed by atoms with Crippen LogP contribution in [0.1, 0.15) is 17.3 Å². The number of nitrogen functional groups attached to an aromatic ring is 1. The molecule has 1 rings (SSSR count). The maximum Gasteiger partial charge on any atom is 0.338 e. The average molecular weight is 235 g/mol. The number of hydrogen-bond donors (Lipinski definition) is 2. The Kier molecular flexibility index (Phi) is 5.66. The number of nitrogens with two attached hydrogens (primary N) is 1. The van der Waals surface area contributed by atoms with Crippen LogP contribution in [0.4, 0.5) is 10.1 Å². The van der Waals surface area contributed by atoms with Gasteiger partial charge in [0.25, 0.3) is 0 Å². The van der Waals surface area contributed by atoms with Crippen molar-refractivity contribution in [2.45, 2.75) is 6.92 Å². The summed E-state index contributed by atoms with van der Waals surface area (Å²) in [5.74, 6) is 4.04. The molecule has 0 saturated heterocycles. The fourth-order valence-corrected chi connectivity index (χ4v) is 0.977. The van der Waals surface area contributed by atoms with Crippen molar-refractivity contribution < 1.29 is 13.9 Å². The summed E-state index contributed by atoms with van der Waals surface area (Å²) in [5, 5.41) is 0. The minimum Gasteiger partial charge on any atom is -0.462 e. The van der Waals surface area contributed by atoms with E-state index in [0.717, 1.165) is 6.07 Å². The molecule has 0 aromatic heterocycles. The van der Waals surface area contributed by atoms with Gasteiger partial charge in [0.2, 0.25) is 0 Å². The molecule has 0 bridgehead atoms. The lowest BCUT2D eigenvalue weighted by molar-refractivity contribution is 0.0526. The van der Waals surface area contributed by atoms with Crippen LogP contribution in [0.25, 0.3) is 0 Å². The van der Waals surface area contributed by atoms with E-state index in [2.05, 4.69) is 5.43 Å². The molecule has 0 saturated carbocycles. The van der Waals surface area contributed by atoms with E-state index < -0.39 is 11.8 Å². The molecule has 0 aliphatic rings. The number of nitrogens with one attached hydrogen (secondary N) is 1. The largest absolute Gasteiger partial charge is 0.462 e. The van der Waals surface area contributed by atoms with Crippen LogP contribution in [0.5, 0.6) is 0 Å². The van der Waals surface area contributed by atoms with Crippen LogP contribution in [0.3, 0.4) is 0 Å². The fourth-order valence-electron chi connectivity index (χ4n) is 0.977. The number of carbonyl (C=O) groups is 1. The normalized spacial score (nSPS) is 9.00. The third-order valence-electron chi connectivity index (χ3n) is 1.63. The second-order valence-electron chi connectivity index (χ2n) is 2.56. The first-order valence-corrected chi connectivity index (χ1v) is 4.12. The highest BCUT2D eigenvalue weighted by Crippen LogP contribution is 2.15. The molecular weight excluding hydrogens is 223 g/mol. The smallest absolute Gasteiger partial charge is 0.338 e. The first-order chi connectivity index (χ1) is 6.69. The summed E-state index contributed by atoms with van der Waals surface area (Å²) in [6.45, 7) is 1.98. The van der Waals surface area contributed by atoms with Crippen molar-refractivity contribution in [1.82, 2.24) is 0 Å². The Morgan fingerprint density at radius 2 is 2.27 bits per heavy atom. The summed E-state index contributed by atoms with van der Waals surface area (Å²) in [6.07, 6.45) is 0. The van der Waals surface area contributed by atoms with Gasteiger partial charge in [-0.15, -0.1) is 12.4 Å². The van der Waals surface area contributed by atoms with Gasteiger partial charge in [-0.2, -0.15) is 0 Å². The van der Waals surface area contributed by atoms with Gasteiger partial charge in [-0.05, 0) is 25.1 Å². The molecule has 1 aromatic rings. The van der Waals surface area contributed by atoms with Crippen LogP contribution in [-0.4, -0.2) is 12.6 Å². The number of hydrazine groups is 1. The maximum atomic E-state index is 12.9. The lowest BCUT2D eigenvalue weighted by Crippen LogP contribution is -2.11. The van der Waals surface area contributed by atoms with E-state index in [1.807, 2.05) is 0 Å². The summed E-state index contributed by atoms with van der Waals surface area (Å²) in [6, 6.07) is 3.79. The number of benzene rings is 1. The van der Waals surface area contributed by atoms with Gasteiger partial charge in [0.15, 0.2) is 0 Å². The fraction of sp³-hybridized carbons (Fsp3) is 0.222. The number of ether oxygens (including phenoxy) is 1. The molecular formula is C9H12ClFN2O2. The van der Waals surface area contributed by atoms with Crippen LogP contribution in [0.15, 0.2) is 18.2 Å². The minimum atomic E-state index is -0.513. The molecule has 0 radical (unpaired) electrons. The summed E-state index contributed by atoms with van der Waals surface area (Å²) < 4.78 is 17.7. The highest BCUT2D eigenvalue weighted by molar-refractivity contribution is 5.90. The lowest BCUT2D eigenvalue weighted by Gasteiger charge is -2.05. The van der Waals surface area contributed by atoms with Crippen LogP contribution in [0.2, 0.25) is 0 Å². The van der Waals surface area contributed by atoms with Crippen molar-refractivity contribution in [3.05, 3.63) is 29.6 Å². The minimum absolute atomic E-state index is 0. The molecule has 0 heterocycles. The molecule has 1 aromatic carbocycles. The van der Waals surface area contributed by atoms with Gasteiger partial charge in [-0.3, -0.25) is 5.84 Å². The Hall–Kier alpha value is -1.33. The SMILES string of the molecule is CCOC(=O)c1ccc(F)c(NN)c1.Cl. The monoisotopic (exact) mass is 234 g/mol. The van der Waals surface area contributed by atoms with E-state index in [0.29, 0.717) is 0 Å². The predicted octanol–water partition coefficient (Wildman–Crippen LogP) is 1.71. The molecule has 4 nitrogen and oxygen atoms in total. The van der Waals surface area contributed by atoms with Gasteiger partial charge < -0.3 is 10.2 Å². The van der Waals surface area contributed by atoms with E-state index in [4.69, 9.17) is 10.6 Å². The highest BCUT2D eigenvalue weighted by Gasteiger charge is 2.09. The number of carbonyl (C=O) groups excluding carboxylic acids is 1. The van der Waals surface area contributed by atoms with Crippen molar-refractivity contribution in [3.8, 4) is 0 Å². The molecule has 84 valence electrons. The Morgan fingerprint density at radius 1 is 1.60 bits per heavy atom. The zero-order valence-corrected chi connectivity index (χ0v) is 8.94. The molecule has 0 spiro atoms. The molecule has 3 N–H and O–H groups in total. The molecule has 0 atom stereocenters. The Bertz CT molecular complexity index is 347. The number of rotatable bonds is 3. The summed E-state index contributed by atoms with van der Waals surface area (Å²) in [5.41, 5.74) is 2.48. The molecule has 0 aliphatic heterocycles. The first-order valence-electron chi connectivity index (χ1n) is 4.12. The second kappa shape index (κ2) is 6.21. The van der Waals surface area contributed by atoms with Crippen LogP contribution in [0, 0.1) is 5.82 Å². The van der Waals surface area contributed by atoms with Crippen LogP contribution >= 0.6 is 12.4 Å². The quantitative estimate of drug-likeness (QED) is 0.475. The number of anilines is 1.